The van der Waals surface area contributed by atoms with Gasteiger partial charge in [0.1, 0.15) is 5.82 Å². The Morgan fingerprint density at radius 2 is 2.00 bits per heavy atom. The van der Waals surface area contributed by atoms with Gasteiger partial charge >= 0.3 is 0 Å². The summed E-state index contributed by atoms with van der Waals surface area (Å²) in [5.74, 6) is -0.140. The van der Waals surface area contributed by atoms with E-state index in [1.807, 2.05) is 17.7 Å². The zero-order valence-corrected chi connectivity index (χ0v) is 11.5. The quantitative estimate of drug-likeness (QED) is 0.895. The summed E-state index contributed by atoms with van der Waals surface area (Å²) in [5, 5.41) is 4.40. The second kappa shape index (κ2) is 4.94. The minimum absolute atomic E-state index is 0.140. The van der Waals surface area contributed by atoms with Crippen LogP contribution in [0.5, 0.6) is 0 Å². The molecule has 0 aliphatic carbocycles. The molecule has 1 aromatic carbocycles. The minimum atomic E-state index is -0.140. The van der Waals surface area contributed by atoms with Crippen molar-refractivity contribution in [1.82, 2.24) is 14.8 Å². The summed E-state index contributed by atoms with van der Waals surface area (Å²) in [6.07, 6.45) is 2.07. The average Bonchev–Trinajstić information content (AvgIpc) is 2.78. The van der Waals surface area contributed by atoms with E-state index >= 15 is 0 Å². The Morgan fingerprint density at radius 3 is 2.74 bits per heavy atom. The molecule has 1 unspecified atom stereocenters. The summed E-state index contributed by atoms with van der Waals surface area (Å²) in [6, 6.07) is 5.67. The normalized spacial score (nSPS) is 18.9. The van der Waals surface area contributed by atoms with E-state index in [1.165, 1.54) is 11.6 Å². The van der Waals surface area contributed by atoms with Crippen LogP contribution < -0.4 is 5.32 Å². The van der Waals surface area contributed by atoms with E-state index in [9.17, 15) is 4.39 Å². The molecule has 0 saturated carbocycles. The molecule has 0 bridgehead atoms. The molecule has 102 valence electrons. The highest BCUT2D eigenvalue weighted by Gasteiger charge is 2.22. The lowest BCUT2D eigenvalue weighted by atomic mass is 10.1. The number of rotatable bonds is 2. The maximum Gasteiger partial charge on any atom is 0.147 e. The van der Waals surface area contributed by atoms with Gasteiger partial charge in [0.05, 0.1) is 5.52 Å². The number of hydrogen-bond acceptors (Lipinski definition) is 2. The van der Waals surface area contributed by atoms with Crippen LogP contribution in [0.2, 0.25) is 0 Å². The molecule has 2 heterocycles. The van der Waals surface area contributed by atoms with E-state index in [0.29, 0.717) is 11.6 Å². The summed E-state index contributed by atoms with van der Waals surface area (Å²) in [5.41, 5.74) is 1.93. The molecule has 1 aliphatic rings. The van der Waals surface area contributed by atoms with Crippen molar-refractivity contribution in [3.8, 4) is 0 Å². The van der Waals surface area contributed by atoms with Gasteiger partial charge in [0.15, 0.2) is 0 Å². The lowest BCUT2D eigenvalue weighted by Gasteiger charge is -2.32. The van der Waals surface area contributed by atoms with Crippen LogP contribution in [0.25, 0.3) is 10.9 Å². The lowest BCUT2D eigenvalue weighted by Crippen LogP contribution is -2.44. The number of piperazine rings is 1. The van der Waals surface area contributed by atoms with Gasteiger partial charge in [-0.05, 0) is 18.6 Å². The third kappa shape index (κ3) is 2.15. The van der Waals surface area contributed by atoms with Crippen molar-refractivity contribution in [1.29, 1.82) is 0 Å². The van der Waals surface area contributed by atoms with Crippen LogP contribution in [-0.4, -0.2) is 35.6 Å². The SMILES string of the molecule is CC(c1cn(C)c2c(F)cccc12)N1CCNCC1. The van der Waals surface area contributed by atoms with Gasteiger partial charge in [-0.3, -0.25) is 4.90 Å². The van der Waals surface area contributed by atoms with E-state index in [-0.39, 0.29) is 5.82 Å². The molecular formula is C15H20FN3. The number of benzene rings is 1. The van der Waals surface area contributed by atoms with Gasteiger partial charge in [-0.15, -0.1) is 0 Å². The number of aryl methyl sites for hydroxylation is 1. The molecule has 1 aromatic heterocycles. The highest BCUT2D eigenvalue weighted by Crippen LogP contribution is 2.30. The number of nitrogens with one attached hydrogen (secondary N) is 1. The second-order valence-electron chi connectivity index (χ2n) is 5.29. The van der Waals surface area contributed by atoms with Gasteiger partial charge in [0, 0.05) is 50.9 Å². The molecule has 0 spiro atoms. The van der Waals surface area contributed by atoms with Crippen molar-refractivity contribution in [3.63, 3.8) is 0 Å². The van der Waals surface area contributed by atoms with E-state index < -0.39 is 0 Å². The predicted octanol–water partition coefficient (Wildman–Crippen LogP) is 2.28. The van der Waals surface area contributed by atoms with E-state index in [0.717, 1.165) is 31.6 Å². The summed E-state index contributed by atoms with van der Waals surface area (Å²) < 4.78 is 15.8. The average molecular weight is 261 g/mol. The number of aromatic nitrogens is 1. The van der Waals surface area contributed by atoms with Gasteiger partial charge < -0.3 is 9.88 Å². The maximum atomic E-state index is 13.9. The number of halogens is 1. The first-order chi connectivity index (χ1) is 9.18. The zero-order valence-electron chi connectivity index (χ0n) is 11.5. The predicted molar refractivity (Wildman–Crippen MR) is 75.7 cm³/mol. The van der Waals surface area contributed by atoms with Gasteiger partial charge in [0.2, 0.25) is 0 Å². The number of fused-ring (bicyclic) bond motifs is 1. The van der Waals surface area contributed by atoms with Crippen LogP contribution in [0.4, 0.5) is 4.39 Å². The summed E-state index contributed by atoms with van der Waals surface area (Å²) in [7, 11) is 1.92. The number of para-hydroxylation sites is 1. The fraction of sp³-hybridized carbons (Fsp3) is 0.467. The third-order valence-electron chi connectivity index (χ3n) is 4.13. The summed E-state index contributed by atoms with van der Waals surface area (Å²) in [4.78, 5) is 2.45. The van der Waals surface area contributed by atoms with Crippen LogP contribution in [-0.2, 0) is 7.05 Å². The second-order valence-corrected chi connectivity index (χ2v) is 5.29. The topological polar surface area (TPSA) is 20.2 Å². The molecule has 0 amide bonds. The first-order valence-corrected chi connectivity index (χ1v) is 6.86. The van der Waals surface area contributed by atoms with Gasteiger partial charge in [-0.25, -0.2) is 4.39 Å². The van der Waals surface area contributed by atoms with Crippen molar-refractivity contribution in [2.24, 2.45) is 7.05 Å². The maximum absolute atomic E-state index is 13.9. The van der Waals surface area contributed by atoms with E-state index in [2.05, 4.69) is 23.3 Å². The first kappa shape index (κ1) is 12.6. The van der Waals surface area contributed by atoms with Crippen molar-refractivity contribution in [3.05, 3.63) is 35.8 Å². The van der Waals surface area contributed by atoms with Gasteiger partial charge in [0.25, 0.3) is 0 Å². The number of hydrogen-bond donors (Lipinski definition) is 1. The van der Waals surface area contributed by atoms with Crippen LogP contribution in [0, 0.1) is 5.82 Å². The monoisotopic (exact) mass is 261 g/mol. The van der Waals surface area contributed by atoms with E-state index in [1.54, 1.807) is 6.07 Å². The molecule has 3 rings (SSSR count). The first-order valence-electron chi connectivity index (χ1n) is 6.86. The van der Waals surface area contributed by atoms with Crippen molar-refractivity contribution < 1.29 is 4.39 Å². The Balaban J connectivity index is 2.02. The molecule has 1 N–H and O–H groups in total. The van der Waals surface area contributed by atoms with Gasteiger partial charge in [-0.1, -0.05) is 12.1 Å². The highest BCUT2D eigenvalue weighted by atomic mass is 19.1. The molecule has 1 atom stereocenters. The summed E-state index contributed by atoms with van der Waals surface area (Å²) in [6.45, 7) is 6.37. The largest absolute Gasteiger partial charge is 0.348 e. The Labute approximate surface area is 113 Å². The fourth-order valence-corrected chi connectivity index (χ4v) is 3.05. The van der Waals surface area contributed by atoms with E-state index in [4.69, 9.17) is 0 Å². The lowest BCUT2D eigenvalue weighted by molar-refractivity contribution is 0.186. The van der Waals surface area contributed by atoms with Crippen molar-refractivity contribution >= 4 is 10.9 Å². The van der Waals surface area contributed by atoms with Crippen LogP contribution in [0.15, 0.2) is 24.4 Å². The summed E-state index contributed by atoms with van der Waals surface area (Å²) >= 11 is 0. The van der Waals surface area contributed by atoms with Crippen LogP contribution >= 0.6 is 0 Å². The molecule has 1 aliphatic heterocycles. The standard InChI is InChI=1S/C15H20FN3/c1-11(19-8-6-17-7-9-19)13-10-18(2)15-12(13)4-3-5-14(15)16/h3-5,10-11,17H,6-9H2,1-2H3. The van der Waals surface area contributed by atoms with Crippen LogP contribution in [0.3, 0.4) is 0 Å². The van der Waals surface area contributed by atoms with Crippen molar-refractivity contribution in [2.75, 3.05) is 26.2 Å². The fourth-order valence-electron chi connectivity index (χ4n) is 3.05. The molecule has 1 fully saturated rings. The minimum Gasteiger partial charge on any atom is -0.348 e. The Bertz CT molecular complexity index is 584. The molecular weight excluding hydrogens is 241 g/mol. The molecule has 4 heteroatoms. The van der Waals surface area contributed by atoms with Gasteiger partial charge in [-0.2, -0.15) is 0 Å². The van der Waals surface area contributed by atoms with Crippen LogP contribution in [0.1, 0.15) is 18.5 Å². The Hall–Kier alpha value is -1.39. The zero-order chi connectivity index (χ0) is 13.4. The molecule has 0 radical (unpaired) electrons. The highest BCUT2D eigenvalue weighted by molar-refractivity contribution is 5.84. The molecule has 19 heavy (non-hydrogen) atoms. The van der Waals surface area contributed by atoms with Crippen molar-refractivity contribution in [2.45, 2.75) is 13.0 Å². The molecule has 2 aromatic rings. The molecule has 3 nitrogen and oxygen atoms in total. The Kier molecular flexibility index (Phi) is 3.29. The Morgan fingerprint density at radius 1 is 1.26 bits per heavy atom. The smallest absolute Gasteiger partial charge is 0.147 e. The molecule has 1 saturated heterocycles. The number of nitrogens with zero attached hydrogens (tertiary/aromatic N) is 2. The third-order valence-corrected chi connectivity index (χ3v) is 4.13.